The number of carbonyl (C=O) groups is 1. The Morgan fingerprint density at radius 1 is 1.10 bits per heavy atom. The van der Waals surface area contributed by atoms with E-state index in [1.54, 1.807) is 6.08 Å². The third kappa shape index (κ3) is 7.40. The van der Waals surface area contributed by atoms with E-state index in [2.05, 4.69) is 50.4 Å². The fourth-order valence-corrected chi connectivity index (χ4v) is 11.9. The Labute approximate surface area is 127 Å². The maximum absolute atomic E-state index is 11.6. The van der Waals surface area contributed by atoms with Gasteiger partial charge in [0.25, 0.3) is 0 Å². The van der Waals surface area contributed by atoms with Crippen LogP contribution in [0.1, 0.15) is 26.2 Å². The Hall–Kier alpha value is -0.396. The highest BCUT2D eigenvalue weighted by molar-refractivity contribution is 6.89. The fraction of sp³-hybridized carbons (Fsp3) is 0.800. The molecule has 0 amide bonds. The van der Waals surface area contributed by atoms with E-state index < -0.39 is 16.5 Å². The summed E-state index contributed by atoms with van der Waals surface area (Å²) in [5.74, 6) is -0.220. The molecular weight excluding hydrogens is 282 g/mol. The van der Waals surface area contributed by atoms with Gasteiger partial charge in [-0.25, -0.2) is 4.79 Å². The Kier molecular flexibility index (Phi) is 7.98. The molecule has 0 saturated heterocycles. The SMILES string of the molecule is CCCC/C(=C/C(=O)OC)CN([Si](C)(C)C)[Si](C)(C)C. The van der Waals surface area contributed by atoms with Crippen LogP contribution in [-0.4, -0.2) is 40.3 Å². The van der Waals surface area contributed by atoms with Gasteiger partial charge in [-0.1, -0.05) is 58.2 Å². The van der Waals surface area contributed by atoms with Gasteiger partial charge in [-0.3, -0.25) is 0 Å². The molecule has 0 aromatic carbocycles. The average molecular weight is 316 g/mol. The van der Waals surface area contributed by atoms with E-state index in [4.69, 9.17) is 4.74 Å². The predicted molar refractivity (Wildman–Crippen MR) is 93.0 cm³/mol. The van der Waals surface area contributed by atoms with Crippen LogP contribution in [-0.2, 0) is 9.53 Å². The molecular formula is C15H33NO2Si2. The third-order valence-corrected chi connectivity index (χ3v) is 10.9. The van der Waals surface area contributed by atoms with E-state index in [0.29, 0.717) is 0 Å². The molecule has 0 spiro atoms. The highest BCUT2D eigenvalue weighted by atomic mass is 28.4. The highest BCUT2D eigenvalue weighted by Crippen LogP contribution is 2.23. The first-order chi connectivity index (χ1) is 9.02. The number of methoxy groups -OCH3 is 1. The van der Waals surface area contributed by atoms with Gasteiger partial charge in [-0.05, 0) is 12.8 Å². The second-order valence-corrected chi connectivity index (χ2v) is 17.6. The van der Waals surface area contributed by atoms with Crippen LogP contribution in [0.4, 0.5) is 0 Å². The van der Waals surface area contributed by atoms with Crippen LogP contribution >= 0.6 is 0 Å². The van der Waals surface area contributed by atoms with Crippen LogP contribution in [0.2, 0.25) is 39.3 Å². The molecule has 0 fully saturated rings. The summed E-state index contributed by atoms with van der Waals surface area (Å²) in [7, 11) is -1.32. The van der Waals surface area contributed by atoms with Gasteiger partial charge in [0.2, 0.25) is 0 Å². The predicted octanol–water partition coefficient (Wildman–Crippen LogP) is 4.25. The van der Waals surface area contributed by atoms with Gasteiger partial charge in [0.1, 0.15) is 16.5 Å². The zero-order chi connectivity index (χ0) is 16.0. The molecule has 0 aliphatic heterocycles. The van der Waals surface area contributed by atoms with Crippen LogP contribution in [0.15, 0.2) is 11.6 Å². The molecule has 118 valence electrons. The molecule has 0 bridgehead atoms. The van der Waals surface area contributed by atoms with E-state index in [1.807, 2.05) is 0 Å². The number of esters is 1. The molecule has 0 aromatic heterocycles. The first-order valence-corrected chi connectivity index (χ1v) is 14.5. The van der Waals surface area contributed by atoms with Gasteiger partial charge in [-0.2, -0.15) is 0 Å². The topological polar surface area (TPSA) is 29.5 Å². The van der Waals surface area contributed by atoms with E-state index >= 15 is 0 Å². The molecule has 0 aromatic rings. The van der Waals surface area contributed by atoms with Crippen molar-refractivity contribution in [2.75, 3.05) is 13.7 Å². The lowest BCUT2D eigenvalue weighted by Crippen LogP contribution is -2.59. The summed E-state index contributed by atoms with van der Waals surface area (Å²) in [5.41, 5.74) is 1.23. The molecule has 0 aliphatic rings. The van der Waals surface area contributed by atoms with E-state index in [-0.39, 0.29) is 5.97 Å². The first-order valence-electron chi connectivity index (χ1n) is 7.57. The Morgan fingerprint density at radius 2 is 1.60 bits per heavy atom. The highest BCUT2D eigenvalue weighted by Gasteiger charge is 2.34. The van der Waals surface area contributed by atoms with Gasteiger partial charge in [0, 0.05) is 12.6 Å². The van der Waals surface area contributed by atoms with Gasteiger partial charge >= 0.3 is 5.97 Å². The Balaban J connectivity index is 5.18. The van der Waals surface area contributed by atoms with Crippen molar-refractivity contribution >= 4 is 22.4 Å². The van der Waals surface area contributed by atoms with Crippen molar-refractivity contribution in [2.45, 2.75) is 65.5 Å². The second-order valence-electron chi connectivity index (χ2n) is 7.36. The summed E-state index contributed by atoms with van der Waals surface area (Å²) in [4.78, 5) is 11.6. The van der Waals surface area contributed by atoms with Crippen LogP contribution in [0.25, 0.3) is 0 Å². The lowest BCUT2D eigenvalue weighted by molar-refractivity contribution is -0.134. The van der Waals surface area contributed by atoms with Crippen molar-refractivity contribution in [1.29, 1.82) is 0 Å². The Bertz CT molecular complexity index is 327. The Morgan fingerprint density at radius 3 is 1.95 bits per heavy atom. The summed E-state index contributed by atoms with van der Waals surface area (Å²) >= 11 is 0. The minimum atomic E-state index is -1.38. The average Bonchev–Trinajstić information content (AvgIpc) is 2.29. The van der Waals surface area contributed by atoms with E-state index in [1.165, 1.54) is 12.7 Å². The van der Waals surface area contributed by atoms with Crippen molar-refractivity contribution in [3.8, 4) is 0 Å². The summed E-state index contributed by atoms with van der Waals surface area (Å²) in [5, 5.41) is 0. The molecule has 0 saturated carbocycles. The standard InChI is InChI=1S/C15H33NO2Si2/c1-9-10-11-14(12-15(17)18-2)13-16(19(3,4)5)20(6,7)8/h12H,9-11,13H2,1-8H3/b14-12-. The van der Waals surface area contributed by atoms with Crippen LogP contribution in [0.3, 0.4) is 0 Å². The molecule has 0 unspecified atom stereocenters. The van der Waals surface area contributed by atoms with Crippen LogP contribution in [0.5, 0.6) is 0 Å². The molecule has 3 nitrogen and oxygen atoms in total. The molecule has 5 heteroatoms. The van der Waals surface area contributed by atoms with E-state index in [9.17, 15) is 4.79 Å². The number of hydrogen-bond donors (Lipinski definition) is 0. The first kappa shape index (κ1) is 19.6. The number of unbranched alkanes of at least 4 members (excludes halogenated alkanes) is 1. The lowest BCUT2D eigenvalue weighted by atomic mass is 10.1. The minimum absolute atomic E-state index is 0.220. The number of nitrogens with zero attached hydrogens (tertiary/aromatic N) is 1. The minimum Gasteiger partial charge on any atom is -0.466 e. The number of rotatable bonds is 8. The lowest BCUT2D eigenvalue weighted by Gasteiger charge is -2.44. The summed E-state index contributed by atoms with van der Waals surface area (Å²) in [6.07, 6.45) is 4.99. The number of ether oxygens (including phenoxy) is 1. The third-order valence-electron chi connectivity index (χ3n) is 3.36. The fourth-order valence-electron chi connectivity index (χ4n) is 2.51. The van der Waals surface area contributed by atoms with Crippen LogP contribution in [0, 0.1) is 0 Å². The molecule has 0 heterocycles. The van der Waals surface area contributed by atoms with Crippen LogP contribution < -0.4 is 0 Å². The van der Waals surface area contributed by atoms with Crippen molar-refractivity contribution in [3.05, 3.63) is 11.6 Å². The summed E-state index contributed by atoms with van der Waals surface area (Å²) < 4.78 is 7.52. The molecule has 0 N–H and O–H groups in total. The van der Waals surface area contributed by atoms with Crippen molar-refractivity contribution in [1.82, 2.24) is 4.23 Å². The summed E-state index contributed by atoms with van der Waals surface area (Å²) in [6.45, 7) is 17.5. The molecule has 0 rings (SSSR count). The monoisotopic (exact) mass is 315 g/mol. The molecule has 0 radical (unpaired) electrons. The molecule has 20 heavy (non-hydrogen) atoms. The number of carbonyl (C=O) groups excluding carboxylic acids is 1. The van der Waals surface area contributed by atoms with Gasteiger partial charge in [0.05, 0.1) is 7.11 Å². The molecule has 0 atom stereocenters. The largest absolute Gasteiger partial charge is 0.466 e. The van der Waals surface area contributed by atoms with Crippen molar-refractivity contribution in [2.24, 2.45) is 0 Å². The maximum Gasteiger partial charge on any atom is 0.330 e. The quantitative estimate of drug-likeness (QED) is 0.381. The smallest absolute Gasteiger partial charge is 0.330 e. The zero-order valence-electron chi connectivity index (χ0n) is 14.7. The van der Waals surface area contributed by atoms with Crippen molar-refractivity contribution in [3.63, 3.8) is 0 Å². The maximum atomic E-state index is 11.6. The normalized spacial score (nSPS) is 13.8. The van der Waals surface area contributed by atoms with E-state index in [0.717, 1.165) is 25.8 Å². The van der Waals surface area contributed by atoms with Gasteiger partial charge in [-0.15, -0.1) is 0 Å². The van der Waals surface area contributed by atoms with Crippen molar-refractivity contribution < 1.29 is 9.53 Å². The summed E-state index contributed by atoms with van der Waals surface area (Å²) in [6, 6.07) is 0. The molecule has 0 aliphatic carbocycles. The zero-order valence-corrected chi connectivity index (χ0v) is 16.7. The van der Waals surface area contributed by atoms with Gasteiger partial charge < -0.3 is 8.97 Å². The second kappa shape index (κ2) is 8.15. The van der Waals surface area contributed by atoms with Gasteiger partial charge in [0.15, 0.2) is 0 Å². The number of hydrogen-bond acceptors (Lipinski definition) is 3.